The van der Waals surface area contributed by atoms with E-state index in [2.05, 4.69) is 35.9 Å². The first-order chi connectivity index (χ1) is 13.3. The van der Waals surface area contributed by atoms with Gasteiger partial charge in [0.2, 0.25) is 0 Å². The van der Waals surface area contributed by atoms with E-state index in [1.54, 1.807) is 12.3 Å². The number of nitrogens with zero attached hydrogens (tertiary/aromatic N) is 5. The fourth-order valence-electron chi connectivity index (χ4n) is 3.09. The molecule has 7 heteroatoms. The molecule has 0 radical (unpaired) electrons. The molecule has 0 saturated heterocycles. The standard InChI is InChI=1S/C20H18N6O/c1-2-10-21-20(27)16-8-9-17(22-13-16)25-11-12-26-18(14-25)23-24-19(26)15-6-4-3-5-7-15/h1,3-9,13H,10-12,14H2,(H,21,27). The molecule has 4 rings (SSSR count). The number of nitrogens with one attached hydrogen (secondary N) is 1. The normalized spacial score (nSPS) is 12.9. The first kappa shape index (κ1) is 16.8. The van der Waals surface area contributed by atoms with E-state index in [-0.39, 0.29) is 12.5 Å². The Hall–Kier alpha value is -3.66. The van der Waals surface area contributed by atoms with Gasteiger partial charge in [-0.3, -0.25) is 4.79 Å². The van der Waals surface area contributed by atoms with Crippen molar-refractivity contribution in [1.29, 1.82) is 0 Å². The Balaban J connectivity index is 1.50. The highest BCUT2D eigenvalue weighted by molar-refractivity contribution is 5.94. The molecule has 0 atom stereocenters. The van der Waals surface area contributed by atoms with E-state index in [9.17, 15) is 4.79 Å². The van der Waals surface area contributed by atoms with Crippen LogP contribution in [0.4, 0.5) is 5.82 Å². The number of carbonyl (C=O) groups excluding carboxylic acids is 1. The van der Waals surface area contributed by atoms with Crippen molar-refractivity contribution in [3.63, 3.8) is 0 Å². The van der Waals surface area contributed by atoms with Crippen LogP contribution in [0.1, 0.15) is 16.2 Å². The van der Waals surface area contributed by atoms with Gasteiger partial charge in [-0.05, 0) is 12.1 Å². The Bertz CT molecular complexity index is 988. The van der Waals surface area contributed by atoms with E-state index in [1.165, 1.54) is 0 Å². The van der Waals surface area contributed by atoms with Gasteiger partial charge in [0, 0.05) is 24.8 Å². The Labute approximate surface area is 157 Å². The number of pyridine rings is 1. The summed E-state index contributed by atoms with van der Waals surface area (Å²) in [6.07, 6.45) is 6.72. The van der Waals surface area contributed by atoms with E-state index in [4.69, 9.17) is 6.42 Å². The van der Waals surface area contributed by atoms with Crippen molar-refractivity contribution in [2.45, 2.75) is 13.1 Å². The highest BCUT2D eigenvalue weighted by Crippen LogP contribution is 2.23. The molecular formula is C20H18N6O. The lowest BCUT2D eigenvalue weighted by molar-refractivity contribution is 0.0958. The molecule has 27 heavy (non-hydrogen) atoms. The number of rotatable bonds is 4. The summed E-state index contributed by atoms with van der Waals surface area (Å²) >= 11 is 0. The lowest BCUT2D eigenvalue weighted by Crippen LogP contribution is -2.34. The summed E-state index contributed by atoms with van der Waals surface area (Å²) in [5, 5.41) is 11.3. The zero-order valence-electron chi connectivity index (χ0n) is 14.7. The molecule has 7 nitrogen and oxygen atoms in total. The number of fused-ring (bicyclic) bond motifs is 1. The molecule has 0 aliphatic carbocycles. The van der Waals surface area contributed by atoms with Crippen LogP contribution in [-0.4, -0.2) is 38.7 Å². The minimum absolute atomic E-state index is 0.201. The minimum atomic E-state index is -0.224. The number of carbonyl (C=O) groups is 1. The molecule has 0 unspecified atom stereocenters. The average Bonchev–Trinajstić information content (AvgIpc) is 3.16. The number of aromatic nitrogens is 4. The number of hydrogen-bond donors (Lipinski definition) is 1. The van der Waals surface area contributed by atoms with Gasteiger partial charge in [-0.2, -0.15) is 0 Å². The van der Waals surface area contributed by atoms with Gasteiger partial charge >= 0.3 is 0 Å². The van der Waals surface area contributed by atoms with Gasteiger partial charge in [-0.25, -0.2) is 4.98 Å². The van der Waals surface area contributed by atoms with Crippen molar-refractivity contribution in [2.24, 2.45) is 0 Å². The van der Waals surface area contributed by atoms with Crippen molar-refractivity contribution >= 4 is 11.7 Å². The van der Waals surface area contributed by atoms with Crippen molar-refractivity contribution in [3.8, 4) is 23.7 Å². The molecule has 1 N–H and O–H groups in total. The quantitative estimate of drug-likeness (QED) is 0.719. The van der Waals surface area contributed by atoms with E-state index in [0.29, 0.717) is 12.1 Å². The lowest BCUT2D eigenvalue weighted by Gasteiger charge is -2.28. The second-order valence-corrected chi connectivity index (χ2v) is 6.17. The van der Waals surface area contributed by atoms with Crippen LogP contribution in [0.15, 0.2) is 48.7 Å². The fourth-order valence-corrected chi connectivity index (χ4v) is 3.09. The van der Waals surface area contributed by atoms with Gasteiger partial charge in [0.1, 0.15) is 5.82 Å². The van der Waals surface area contributed by atoms with Crippen LogP contribution in [0.25, 0.3) is 11.4 Å². The number of benzene rings is 1. The Morgan fingerprint density at radius 1 is 1.15 bits per heavy atom. The summed E-state index contributed by atoms with van der Waals surface area (Å²) in [6.45, 7) is 2.39. The number of anilines is 1. The number of amides is 1. The van der Waals surface area contributed by atoms with Crippen LogP contribution in [-0.2, 0) is 13.1 Å². The summed E-state index contributed by atoms with van der Waals surface area (Å²) in [5.74, 6) is 4.75. The summed E-state index contributed by atoms with van der Waals surface area (Å²) in [4.78, 5) is 18.5. The van der Waals surface area contributed by atoms with Crippen LogP contribution >= 0.6 is 0 Å². The fraction of sp³-hybridized carbons (Fsp3) is 0.200. The third-order valence-electron chi connectivity index (χ3n) is 4.47. The maximum absolute atomic E-state index is 11.9. The summed E-state index contributed by atoms with van der Waals surface area (Å²) in [6, 6.07) is 13.7. The molecule has 3 aromatic rings. The van der Waals surface area contributed by atoms with Crippen LogP contribution < -0.4 is 10.2 Å². The third-order valence-corrected chi connectivity index (χ3v) is 4.47. The monoisotopic (exact) mass is 358 g/mol. The van der Waals surface area contributed by atoms with Crippen LogP contribution in [0.2, 0.25) is 0 Å². The third kappa shape index (κ3) is 3.37. The average molecular weight is 358 g/mol. The topological polar surface area (TPSA) is 75.9 Å². The van der Waals surface area contributed by atoms with E-state index in [0.717, 1.165) is 36.1 Å². The molecule has 1 aliphatic heterocycles. The summed E-state index contributed by atoms with van der Waals surface area (Å²) in [5.41, 5.74) is 1.55. The van der Waals surface area contributed by atoms with E-state index in [1.807, 2.05) is 36.4 Å². The van der Waals surface area contributed by atoms with Gasteiger partial charge < -0.3 is 14.8 Å². The highest BCUT2D eigenvalue weighted by atomic mass is 16.1. The molecule has 2 aromatic heterocycles. The maximum Gasteiger partial charge on any atom is 0.253 e. The first-order valence-electron chi connectivity index (χ1n) is 8.66. The number of terminal acetylenes is 1. The van der Waals surface area contributed by atoms with Crippen LogP contribution in [0, 0.1) is 12.3 Å². The van der Waals surface area contributed by atoms with Crippen LogP contribution in [0.3, 0.4) is 0 Å². The smallest absolute Gasteiger partial charge is 0.253 e. The van der Waals surface area contributed by atoms with Crippen molar-refractivity contribution in [1.82, 2.24) is 25.1 Å². The number of hydrogen-bond acceptors (Lipinski definition) is 5. The van der Waals surface area contributed by atoms with Gasteiger partial charge in [-0.1, -0.05) is 36.3 Å². The summed E-state index contributed by atoms with van der Waals surface area (Å²) in [7, 11) is 0. The predicted molar refractivity (Wildman–Crippen MR) is 102 cm³/mol. The zero-order valence-corrected chi connectivity index (χ0v) is 14.7. The summed E-state index contributed by atoms with van der Waals surface area (Å²) < 4.78 is 2.15. The second-order valence-electron chi connectivity index (χ2n) is 6.17. The maximum atomic E-state index is 11.9. The molecule has 0 saturated carbocycles. The molecule has 1 aliphatic rings. The van der Waals surface area contributed by atoms with Gasteiger partial charge in [0.25, 0.3) is 5.91 Å². The van der Waals surface area contributed by atoms with E-state index >= 15 is 0 Å². The van der Waals surface area contributed by atoms with Crippen LogP contribution in [0.5, 0.6) is 0 Å². The Morgan fingerprint density at radius 3 is 2.74 bits per heavy atom. The molecule has 0 spiro atoms. The Kier molecular flexibility index (Phi) is 4.54. The minimum Gasteiger partial charge on any atom is -0.347 e. The Morgan fingerprint density at radius 2 is 2.00 bits per heavy atom. The van der Waals surface area contributed by atoms with E-state index < -0.39 is 0 Å². The second kappa shape index (κ2) is 7.30. The highest BCUT2D eigenvalue weighted by Gasteiger charge is 2.22. The van der Waals surface area contributed by atoms with Gasteiger partial charge in [0.15, 0.2) is 11.6 Å². The molecular weight excluding hydrogens is 340 g/mol. The first-order valence-corrected chi connectivity index (χ1v) is 8.66. The SMILES string of the molecule is C#CCNC(=O)c1ccc(N2CCn3c(nnc3-c3ccccc3)C2)nc1. The van der Waals surface area contributed by atoms with Crippen molar-refractivity contribution < 1.29 is 4.79 Å². The molecule has 0 fully saturated rings. The molecule has 1 aromatic carbocycles. The molecule has 3 heterocycles. The van der Waals surface area contributed by atoms with Gasteiger partial charge in [-0.15, -0.1) is 16.6 Å². The molecule has 1 amide bonds. The van der Waals surface area contributed by atoms with Crippen molar-refractivity contribution in [2.75, 3.05) is 18.0 Å². The molecule has 134 valence electrons. The molecule has 0 bridgehead atoms. The predicted octanol–water partition coefficient (Wildman–Crippen LogP) is 1.72. The zero-order chi connectivity index (χ0) is 18.6. The lowest BCUT2D eigenvalue weighted by atomic mass is 10.2. The van der Waals surface area contributed by atoms with Gasteiger partial charge in [0.05, 0.1) is 18.7 Å². The largest absolute Gasteiger partial charge is 0.347 e. The van der Waals surface area contributed by atoms with Crippen molar-refractivity contribution in [3.05, 3.63) is 60.0 Å².